The SMILES string of the molecule is O=C1CCc2cc(S(=O)(=O)Nc3ccccc3Cl)cc3c2N1CC3. The lowest BCUT2D eigenvalue weighted by Gasteiger charge is -2.25. The van der Waals surface area contributed by atoms with Crippen LogP contribution in [-0.4, -0.2) is 20.9 Å². The standard InChI is InChI=1S/C17H15ClN2O3S/c18-14-3-1-2-4-15(14)19-24(22,23)13-9-11-5-6-16(21)20-8-7-12(10-13)17(11)20/h1-4,9-10,19H,5-8H2. The maximum absolute atomic E-state index is 12.7. The Kier molecular flexibility index (Phi) is 3.54. The molecule has 1 N–H and O–H groups in total. The van der Waals surface area contributed by atoms with E-state index in [4.69, 9.17) is 11.6 Å². The van der Waals surface area contributed by atoms with Crippen molar-refractivity contribution in [3.8, 4) is 0 Å². The minimum atomic E-state index is -3.73. The van der Waals surface area contributed by atoms with Crippen molar-refractivity contribution in [2.24, 2.45) is 0 Å². The van der Waals surface area contributed by atoms with Gasteiger partial charge in [0, 0.05) is 13.0 Å². The van der Waals surface area contributed by atoms with Crippen LogP contribution in [0.15, 0.2) is 41.3 Å². The molecule has 0 aromatic heterocycles. The molecule has 0 saturated carbocycles. The number of para-hydroxylation sites is 1. The van der Waals surface area contributed by atoms with Crippen molar-refractivity contribution in [3.63, 3.8) is 0 Å². The molecule has 4 rings (SSSR count). The molecule has 0 radical (unpaired) electrons. The number of anilines is 2. The van der Waals surface area contributed by atoms with E-state index in [1.807, 2.05) is 0 Å². The molecule has 2 aromatic carbocycles. The number of carbonyl (C=O) groups excluding carboxylic acids is 1. The number of carbonyl (C=O) groups is 1. The van der Waals surface area contributed by atoms with Gasteiger partial charge in [0.25, 0.3) is 10.0 Å². The molecular formula is C17H15ClN2O3S. The summed E-state index contributed by atoms with van der Waals surface area (Å²) < 4.78 is 28.0. The van der Waals surface area contributed by atoms with Crippen LogP contribution in [0.1, 0.15) is 17.5 Å². The molecule has 0 bridgehead atoms. The largest absolute Gasteiger partial charge is 0.312 e. The summed E-state index contributed by atoms with van der Waals surface area (Å²) in [6.07, 6.45) is 1.69. The lowest BCUT2D eigenvalue weighted by molar-refractivity contribution is -0.118. The normalized spacial score (nSPS) is 16.2. The van der Waals surface area contributed by atoms with Crippen LogP contribution in [0, 0.1) is 0 Å². The van der Waals surface area contributed by atoms with Crippen molar-refractivity contribution in [3.05, 3.63) is 52.5 Å². The average Bonchev–Trinajstić information content (AvgIpc) is 2.98. The molecule has 0 fully saturated rings. The van der Waals surface area contributed by atoms with E-state index in [2.05, 4.69) is 4.72 Å². The summed E-state index contributed by atoms with van der Waals surface area (Å²) in [5.74, 6) is 0.117. The van der Waals surface area contributed by atoms with Crippen molar-refractivity contribution < 1.29 is 13.2 Å². The van der Waals surface area contributed by atoms with E-state index in [9.17, 15) is 13.2 Å². The van der Waals surface area contributed by atoms with Crippen LogP contribution in [0.25, 0.3) is 0 Å². The zero-order valence-electron chi connectivity index (χ0n) is 12.8. The summed E-state index contributed by atoms with van der Waals surface area (Å²) in [5.41, 5.74) is 3.09. The van der Waals surface area contributed by atoms with Gasteiger partial charge in [-0.25, -0.2) is 8.42 Å². The van der Waals surface area contributed by atoms with Gasteiger partial charge in [0.15, 0.2) is 0 Å². The summed E-state index contributed by atoms with van der Waals surface area (Å²) in [5, 5.41) is 0.348. The Morgan fingerprint density at radius 1 is 1.04 bits per heavy atom. The van der Waals surface area contributed by atoms with Crippen molar-refractivity contribution in [1.82, 2.24) is 0 Å². The number of aryl methyl sites for hydroxylation is 1. The predicted octanol–water partition coefficient (Wildman–Crippen LogP) is 2.98. The molecule has 0 unspecified atom stereocenters. The highest BCUT2D eigenvalue weighted by molar-refractivity contribution is 7.92. The van der Waals surface area contributed by atoms with Crippen molar-refractivity contribution in [2.75, 3.05) is 16.2 Å². The molecule has 24 heavy (non-hydrogen) atoms. The van der Waals surface area contributed by atoms with Crippen LogP contribution >= 0.6 is 11.6 Å². The highest BCUT2D eigenvalue weighted by Crippen LogP contribution is 2.38. The Hall–Kier alpha value is -2.05. The van der Waals surface area contributed by atoms with Gasteiger partial charge in [0.1, 0.15) is 0 Å². The van der Waals surface area contributed by atoms with Crippen LogP contribution in [0.5, 0.6) is 0 Å². The molecule has 0 spiro atoms. The molecule has 0 aliphatic carbocycles. The number of nitrogens with zero attached hydrogens (tertiary/aromatic N) is 1. The van der Waals surface area contributed by atoms with Crippen LogP contribution in [0.4, 0.5) is 11.4 Å². The minimum absolute atomic E-state index is 0.117. The topological polar surface area (TPSA) is 66.5 Å². The fourth-order valence-electron chi connectivity index (χ4n) is 3.33. The highest BCUT2D eigenvalue weighted by atomic mass is 35.5. The molecule has 0 atom stereocenters. The van der Waals surface area contributed by atoms with Gasteiger partial charge in [-0.05, 0) is 48.2 Å². The first-order valence-electron chi connectivity index (χ1n) is 7.69. The summed E-state index contributed by atoms with van der Waals surface area (Å²) in [4.78, 5) is 13.9. The molecule has 2 heterocycles. The number of sulfonamides is 1. The van der Waals surface area contributed by atoms with Crippen LogP contribution in [0.3, 0.4) is 0 Å². The number of nitrogens with one attached hydrogen (secondary N) is 1. The Balaban J connectivity index is 1.75. The first-order valence-corrected chi connectivity index (χ1v) is 9.55. The van der Waals surface area contributed by atoms with Gasteiger partial charge in [0.2, 0.25) is 5.91 Å². The van der Waals surface area contributed by atoms with Crippen LogP contribution in [-0.2, 0) is 27.7 Å². The Morgan fingerprint density at radius 2 is 1.75 bits per heavy atom. The molecule has 2 aliphatic heterocycles. The number of halogens is 1. The molecule has 5 nitrogen and oxygen atoms in total. The van der Waals surface area contributed by atoms with E-state index in [-0.39, 0.29) is 10.8 Å². The van der Waals surface area contributed by atoms with Crippen LogP contribution < -0.4 is 9.62 Å². The van der Waals surface area contributed by atoms with Gasteiger partial charge in [-0.15, -0.1) is 0 Å². The number of amides is 1. The summed E-state index contributed by atoms with van der Waals surface area (Å²) in [7, 11) is -3.73. The van der Waals surface area contributed by atoms with E-state index >= 15 is 0 Å². The average molecular weight is 363 g/mol. The molecular weight excluding hydrogens is 348 g/mol. The molecule has 124 valence electrons. The van der Waals surface area contributed by atoms with Crippen molar-refractivity contribution >= 4 is 38.9 Å². The molecule has 1 amide bonds. The fraction of sp³-hybridized carbons (Fsp3) is 0.235. The summed E-state index contributed by atoms with van der Waals surface area (Å²) in [6, 6.07) is 10.1. The zero-order valence-corrected chi connectivity index (χ0v) is 14.3. The maximum Gasteiger partial charge on any atom is 0.261 e. The number of benzene rings is 2. The van der Waals surface area contributed by atoms with Gasteiger partial charge in [-0.1, -0.05) is 23.7 Å². The molecule has 2 aromatic rings. The zero-order chi connectivity index (χ0) is 16.9. The lowest BCUT2D eigenvalue weighted by Crippen LogP contribution is -2.33. The van der Waals surface area contributed by atoms with E-state index in [0.29, 0.717) is 36.5 Å². The number of hydrogen-bond acceptors (Lipinski definition) is 3. The van der Waals surface area contributed by atoms with Gasteiger partial charge in [-0.3, -0.25) is 9.52 Å². The first kappa shape index (κ1) is 15.5. The second-order valence-electron chi connectivity index (χ2n) is 5.97. The molecule has 2 aliphatic rings. The summed E-state index contributed by atoms with van der Waals surface area (Å²) in [6.45, 7) is 0.628. The second kappa shape index (κ2) is 5.50. The van der Waals surface area contributed by atoms with Gasteiger partial charge in [-0.2, -0.15) is 0 Å². The first-order chi connectivity index (χ1) is 11.5. The van der Waals surface area contributed by atoms with E-state index in [0.717, 1.165) is 16.8 Å². The third kappa shape index (κ3) is 2.46. The molecule has 0 saturated heterocycles. The Bertz CT molecular complexity index is 956. The number of rotatable bonds is 3. The lowest BCUT2D eigenvalue weighted by atomic mass is 10.00. The quantitative estimate of drug-likeness (QED) is 0.912. The summed E-state index contributed by atoms with van der Waals surface area (Å²) >= 11 is 6.04. The fourth-order valence-corrected chi connectivity index (χ4v) is 4.75. The minimum Gasteiger partial charge on any atom is -0.312 e. The van der Waals surface area contributed by atoms with E-state index in [1.54, 1.807) is 41.3 Å². The smallest absolute Gasteiger partial charge is 0.261 e. The molecule has 7 heteroatoms. The third-order valence-corrected chi connectivity index (χ3v) is 6.13. The van der Waals surface area contributed by atoms with Gasteiger partial charge >= 0.3 is 0 Å². The van der Waals surface area contributed by atoms with E-state index in [1.165, 1.54) is 0 Å². The third-order valence-electron chi connectivity index (χ3n) is 4.45. The van der Waals surface area contributed by atoms with Crippen LogP contribution in [0.2, 0.25) is 5.02 Å². The monoisotopic (exact) mass is 362 g/mol. The van der Waals surface area contributed by atoms with Gasteiger partial charge < -0.3 is 4.90 Å². The Labute approximate surface area is 145 Å². The second-order valence-corrected chi connectivity index (χ2v) is 8.06. The van der Waals surface area contributed by atoms with E-state index < -0.39 is 10.0 Å². The Morgan fingerprint density at radius 3 is 2.50 bits per heavy atom. The van der Waals surface area contributed by atoms with Gasteiger partial charge in [0.05, 0.1) is 21.3 Å². The predicted molar refractivity (Wildman–Crippen MR) is 93.1 cm³/mol. The highest BCUT2D eigenvalue weighted by Gasteiger charge is 2.33. The number of hydrogen-bond donors (Lipinski definition) is 1. The maximum atomic E-state index is 12.7. The van der Waals surface area contributed by atoms with Crippen molar-refractivity contribution in [1.29, 1.82) is 0 Å². The van der Waals surface area contributed by atoms with Crippen molar-refractivity contribution in [2.45, 2.75) is 24.2 Å².